The molecule has 0 saturated carbocycles. The van der Waals surface area contributed by atoms with Gasteiger partial charge in [0.05, 0.1) is 0 Å². The van der Waals surface area contributed by atoms with Gasteiger partial charge in [-0.05, 0) is 49.9 Å². The minimum atomic E-state index is -0.684. The van der Waals surface area contributed by atoms with Gasteiger partial charge in [-0.1, -0.05) is 24.3 Å². The highest BCUT2D eigenvalue weighted by atomic mass is 35.5. The van der Waals surface area contributed by atoms with Crippen LogP contribution in [0.15, 0.2) is 24.3 Å². The van der Waals surface area contributed by atoms with Crippen LogP contribution in [-0.2, 0) is 17.8 Å². The normalized spacial score (nSPS) is 15.2. The highest BCUT2D eigenvalue weighted by molar-refractivity contribution is 5.85. The first-order valence-corrected chi connectivity index (χ1v) is 6.76. The van der Waals surface area contributed by atoms with E-state index in [0.29, 0.717) is 6.42 Å². The van der Waals surface area contributed by atoms with E-state index in [-0.39, 0.29) is 12.4 Å². The second kappa shape index (κ2) is 8.18. The zero-order valence-corrected chi connectivity index (χ0v) is 12.0. The summed E-state index contributed by atoms with van der Waals surface area (Å²) in [5.74, 6) is -0.684. The lowest BCUT2D eigenvalue weighted by atomic mass is 10.0. The maximum absolute atomic E-state index is 10.5. The minimum Gasteiger partial charge on any atom is -0.481 e. The number of rotatable bonds is 5. The average Bonchev–Trinajstić information content (AvgIpc) is 2.56. The first-order valence-electron chi connectivity index (χ1n) is 6.76. The molecule has 1 aromatic rings. The van der Waals surface area contributed by atoms with E-state index >= 15 is 0 Å². The van der Waals surface area contributed by atoms with Crippen molar-refractivity contribution in [3.8, 4) is 0 Å². The lowest BCUT2D eigenvalue weighted by Gasteiger charge is -2.20. The molecule has 1 N–H and O–H groups in total. The van der Waals surface area contributed by atoms with Crippen molar-refractivity contribution in [2.45, 2.75) is 38.6 Å². The number of carbonyl (C=O) groups is 1. The quantitative estimate of drug-likeness (QED) is 0.844. The number of fused-ring (bicyclic) bond motifs is 1. The number of halogens is 1. The Bertz CT molecular complexity index is 409. The zero-order chi connectivity index (χ0) is 12.8. The summed E-state index contributed by atoms with van der Waals surface area (Å²) >= 11 is 0. The monoisotopic (exact) mass is 283 g/mol. The molecular weight excluding hydrogens is 262 g/mol. The number of hydrogen-bond acceptors (Lipinski definition) is 2. The van der Waals surface area contributed by atoms with Crippen LogP contribution in [0.4, 0.5) is 0 Å². The van der Waals surface area contributed by atoms with Gasteiger partial charge in [0, 0.05) is 13.0 Å². The number of aliphatic carboxylic acids is 1. The van der Waals surface area contributed by atoms with Gasteiger partial charge in [-0.15, -0.1) is 12.4 Å². The highest BCUT2D eigenvalue weighted by Gasteiger charge is 2.13. The van der Waals surface area contributed by atoms with Gasteiger partial charge in [0.15, 0.2) is 0 Å². The summed E-state index contributed by atoms with van der Waals surface area (Å²) < 4.78 is 0. The van der Waals surface area contributed by atoms with E-state index < -0.39 is 5.97 Å². The first kappa shape index (κ1) is 16.0. The summed E-state index contributed by atoms with van der Waals surface area (Å²) in [7, 11) is 0. The molecule has 0 atom stereocenters. The molecule has 0 radical (unpaired) electrons. The summed E-state index contributed by atoms with van der Waals surface area (Å²) in [4.78, 5) is 12.9. The van der Waals surface area contributed by atoms with E-state index in [4.69, 9.17) is 5.11 Å². The Balaban J connectivity index is 0.00000180. The fourth-order valence-corrected chi connectivity index (χ4v) is 2.57. The van der Waals surface area contributed by atoms with Crippen LogP contribution in [0.2, 0.25) is 0 Å². The molecule has 1 aliphatic rings. The van der Waals surface area contributed by atoms with Crippen molar-refractivity contribution in [3.05, 3.63) is 35.4 Å². The molecule has 0 bridgehead atoms. The third-order valence-corrected chi connectivity index (χ3v) is 3.55. The van der Waals surface area contributed by atoms with Gasteiger partial charge in [0.1, 0.15) is 0 Å². The third-order valence-electron chi connectivity index (χ3n) is 3.55. The van der Waals surface area contributed by atoms with Gasteiger partial charge in [0.25, 0.3) is 0 Å². The molecule has 2 rings (SSSR count). The van der Waals surface area contributed by atoms with E-state index in [1.165, 1.54) is 24.0 Å². The van der Waals surface area contributed by atoms with Crippen LogP contribution in [-0.4, -0.2) is 29.1 Å². The molecule has 3 nitrogen and oxygen atoms in total. The van der Waals surface area contributed by atoms with Crippen molar-refractivity contribution >= 4 is 18.4 Å². The number of hydrogen-bond donors (Lipinski definition) is 1. The maximum atomic E-state index is 10.5. The molecule has 1 aliphatic heterocycles. The molecule has 0 spiro atoms. The lowest BCUT2D eigenvalue weighted by Crippen LogP contribution is -2.24. The minimum absolute atomic E-state index is 0. The molecule has 4 heteroatoms. The van der Waals surface area contributed by atoms with Crippen LogP contribution in [0.25, 0.3) is 0 Å². The first-order chi connectivity index (χ1) is 8.75. The summed E-state index contributed by atoms with van der Waals surface area (Å²) in [6, 6.07) is 8.66. The lowest BCUT2D eigenvalue weighted by molar-refractivity contribution is -0.137. The standard InChI is InChI=1S/C15H21NO2.ClH/c17-15(18)9-3-4-10-16-11-5-8-13-6-1-2-7-14(13)12-16;/h1-2,6-7H,3-5,8-12H2,(H,17,18);1H. The Morgan fingerprint density at radius 1 is 1.21 bits per heavy atom. The van der Waals surface area contributed by atoms with Crippen LogP contribution in [0.3, 0.4) is 0 Å². The molecule has 19 heavy (non-hydrogen) atoms. The Morgan fingerprint density at radius 3 is 2.68 bits per heavy atom. The third kappa shape index (κ3) is 5.21. The Morgan fingerprint density at radius 2 is 1.95 bits per heavy atom. The van der Waals surface area contributed by atoms with Crippen LogP contribution >= 0.6 is 12.4 Å². The molecule has 0 unspecified atom stereocenters. The fraction of sp³-hybridized carbons (Fsp3) is 0.533. The number of benzene rings is 1. The van der Waals surface area contributed by atoms with Crippen LogP contribution in [0.1, 0.15) is 36.8 Å². The number of unbranched alkanes of at least 4 members (excludes halogenated alkanes) is 1. The van der Waals surface area contributed by atoms with Gasteiger partial charge < -0.3 is 5.11 Å². The smallest absolute Gasteiger partial charge is 0.303 e. The van der Waals surface area contributed by atoms with Gasteiger partial charge in [-0.3, -0.25) is 9.69 Å². The highest BCUT2D eigenvalue weighted by Crippen LogP contribution is 2.18. The molecule has 0 fully saturated rings. The van der Waals surface area contributed by atoms with E-state index in [0.717, 1.165) is 32.5 Å². The van der Waals surface area contributed by atoms with E-state index in [1.54, 1.807) is 0 Å². The van der Waals surface area contributed by atoms with Crippen LogP contribution in [0.5, 0.6) is 0 Å². The number of aryl methyl sites for hydroxylation is 1. The fourth-order valence-electron chi connectivity index (χ4n) is 2.57. The summed E-state index contributed by atoms with van der Waals surface area (Å²) in [6.07, 6.45) is 4.43. The number of carboxylic acids is 1. The molecule has 1 heterocycles. The largest absolute Gasteiger partial charge is 0.481 e. The van der Waals surface area contributed by atoms with E-state index in [9.17, 15) is 4.79 Å². The molecule has 106 valence electrons. The molecular formula is C15H22ClNO2. The summed E-state index contributed by atoms with van der Waals surface area (Å²) in [5.41, 5.74) is 2.92. The van der Waals surface area contributed by atoms with Crippen molar-refractivity contribution in [1.82, 2.24) is 4.90 Å². The topological polar surface area (TPSA) is 40.5 Å². The van der Waals surface area contributed by atoms with E-state index in [1.807, 2.05) is 0 Å². The van der Waals surface area contributed by atoms with Crippen molar-refractivity contribution in [2.24, 2.45) is 0 Å². The molecule has 0 saturated heterocycles. The SMILES string of the molecule is Cl.O=C(O)CCCCN1CCCc2ccccc2C1. The van der Waals surface area contributed by atoms with Gasteiger partial charge in [-0.25, -0.2) is 0 Å². The summed E-state index contributed by atoms with van der Waals surface area (Å²) in [5, 5.41) is 8.61. The van der Waals surface area contributed by atoms with Crippen molar-refractivity contribution < 1.29 is 9.90 Å². The van der Waals surface area contributed by atoms with Gasteiger partial charge in [0.2, 0.25) is 0 Å². The van der Waals surface area contributed by atoms with Crippen molar-refractivity contribution in [1.29, 1.82) is 0 Å². The van der Waals surface area contributed by atoms with Crippen LogP contribution < -0.4 is 0 Å². The van der Waals surface area contributed by atoms with E-state index in [2.05, 4.69) is 29.2 Å². The Hall–Kier alpha value is -1.06. The molecule has 1 aromatic carbocycles. The second-order valence-corrected chi connectivity index (χ2v) is 5.00. The Kier molecular flexibility index (Phi) is 6.89. The molecule has 0 aliphatic carbocycles. The average molecular weight is 284 g/mol. The predicted octanol–water partition coefficient (Wildman–Crippen LogP) is 3.11. The maximum Gasteiger partial charge on any atom is 0.303 e. The van der Waals surface area contributed by atoms with Crippen molar-refractivity contribution in [2.75, 3.05) is 13.1 Å². The Labute approximate surface area is 121 Å². The van der Waals surface area contributed by atoms with Crippen LogP contribution in [0, 0.1) is 0 Å². The van der Waals surface area contributed by atoms with Gasteiger partial charge >= 0.3 is 5.97 Å². The molecule has 0 amide bonds. The number of carboxylic acid groups (broad SMARTS) is 1. The second-order valence-electron chi connectivity index (χ2n) is 5.00. The zero-order valence-electron chi connectivity index (χ0n) is 11.2. The summed E-state index contributed by atoms with van der Waals surface area (Å²) in [6.45, 7) is 3.16. The molecule has 0 aromatic heterocycles. The van der Waals surface area contributed by atoms with Crippen molar-refractivity contribution in [3.63, 3.8) is 0 Å². The van der Waals surface area contributed by atoms with Gasteiger partial charge in [-0.2, -0.15) is 0 Å². The number of nitrogens with zero attached hydrogens (tertiary/aromatic N) is 1. The predicted molar refractivity (Wildman–Crippen MR) is 78.8 cm³/mol.